The Kier molecular flexibility index (Phi) is 5.41. The standard InChI is InChI=1S/C18H16F2N2O3S/c1-22(9-11-2-5-13(6-3-11)25-18(19)20)17(24)12-4-7-15-14(8-12)21-16(23)10-26-15/h2-8,18H,9-10H2,1H3,(H,21,23). The van der Waals surface area contributed by atoms with Gasteiger partial charge in [-0.3, -0.25) is 9.59 Å². The summed E-state index contributed by atoms with van der Waals surface area (Å²) in [7, 11) is 1.65. The Bertz CT molecular complexity index is 828. The second kappa shape index (κ2) is 7.74. The lowest BCUT2D eigenvalue weighted by Gasteiger charge is -2.20. The smallest absolute Gasteiger partial charge is 0.387 e. The number of amides is 2. The van der Waals surface area contributed by atoms with Crippen LogP contribution in [0.25, 0.3) is 0 Å². The van der Waals surface area contributed by atoms with Crippen molar-refractivity contribution >= 4 is 29.3 Å². The van der Waals surface area contributed by atoms with Gasteiger partial charge in [-0.15, -0.1) is 11.8 Å². The Hall–Kier alpha value is -2.61. The second-order valence-corrected chi connectivity index (χ2v) is 6.75. The molecule has 0 spiro atoms. The minimum atomic E-state index is -2.87. The van der Waals surface area contributed by atoms with Crippen molar-refractivity contribution in [3.8, 4) is 5.75 Å². The zero-order chi connectivity index (χ0) is 18.7. The topological polar surface area (TPSA) is 58.6 Å². The van der Waals surface area contributed by atoms with Crippen molar-refractivity contribution in [3.63, 3.8) is 0 Å². The zero-order valence-corrected chi connectivity index (χ0v) is 14.7. The number of alkyl halides is 2. The van der Waals surface area contributed by atoms with E-state index in [1.54, 1.807) is 31.3 Å². The molecule has 0 aliphatic carbocycles. The molecule has 1 heterocycles. The van der Waals surface area contributed by atoms with Gasteiger partial charge in [0, 0.05) is 24.1 Å². The van der Waals surface area contributed by atoms with Gasteiger partial charge in [-0.25, -0.2) is 0 Å². The molecular formula is C18H16F2N2O3S. The summed E-state index contributed by atoms with van der Waals surface area (Å²) in [6.07, 6.45) is 0. The summed E-state index contributed by atoms with van der Waals surface area (Å²) in [5.41, 5.74) is 1.88. The summed E-state index contributed by atoms with van der Waals surface area (Å²) < 4.78 is 28.6. The predicted molar refractivity (Wildman–Crippen MR) is 94.7 cm³/mol. The van der Waals surface area contributed by atoms with Crippen molar-refractivity contribution in [1.82, 2.24) is 4.90 Å². The first-order valence-corrected chi connectivity index (χ1v) is 8.77. The summed E-state index contributed by atoms with van der Waals surface area (Å²) in [5, 5.41) is 2.76. The molecular weight excluding hydrogens is 362 g/mol. The minimum Gasteiger partial charge on any atom is -0.435 e. The number of ether oxygens (including phenoxy) is 1. The van der Waals surface area contributed by atoms with E-state index in [1.807, 2.05) is 6.07 Å². The number of nitrogens with zero attached hydrogens (tertiary/aromatic N) is 1. The van der Waals surface area contributed by atoms with Gasteiger partial charge in [0.2, 0.25) is 5.91 Å². The molecule has 2 amide bonds. The predicted octanol–water partition coefficient (Wildman–Crippen LogP) is 3.60. The van der Waals surface area contributed by atoms with E-state index in [2.05, 4.69) is 10.1 Å². The third-order valence-electron chi connectivity index (χ3n) is 3.77. The van der Waals surface area contributed by atoms with Crippen LogP contribution in [0.4, 0.5) is 14.5 Å². The number of halogens is 2. The number of benzene rings is 2. The molecule has 2 aromatic rings. The average Bonchev–Trinajstić information content (AvgIpc) is 2.61. The molecule has 0 unspecified atom stereocenters. The van der Waals surface area contributed by atoms with Crippen LogP contribution in [0.5, 0.6) is 5.75 Å². The Morgan fingerprint density at radius 2 is 2.00 bits per heavy atom. The van der Waals surface area contributed by atoms with Gasteiger partial charge in [0.15, 0.2) is 0 Å². The highest BCUT2D eigenvalue weighted by molar-refractivity contribution is 8.00. The Balaban J connectivity index is 1.68. The van der Waals surface area contributed by atoms with Crippen LogP contribution in [0, 0.1) is 0 Å². The van der Waals surface area contributed by atoms with E-state index in [0.29, 0.717) is 23.5 Å². The SMILES string of the molecule is CN(Cc1ccc(OC(F)F)cc1)C(=O)c1ccc2c(c1)NC(=O)CS2. The van der Waals surface area contributed by atoms with Crippen LogP contribution >= 0.6 is 11.8 Å². The molecule has 1 aliphatic heterocycles. The van der Waals surface area contributed by atoms with Gasteiger partial charge < -0.3 is 15.0 Å². The Morgan fingerprint density at radius 3 is 2.69 bits per heavy atom. The fourth-order valence-electron chi connectivity index (χ4n) is 2.56. The number of anilines is 1. The molecule has 2 aromatic carbocycles. The lowest BCUT2D eigenvalue weighted by Crippen LogP contribution is -2.26. The highest BCUT2D eigenvalue weighted by Crippen LogP contribution is 2.32. The van der Waals surface area contributed by atoms with Gasteiger partial charge in [0.1, 0.15) is 5.75 Å². The number of hydrogen-bond acceptors (Lipinski definition) is 4. The highest BCUT2D eigenvalue weighted by atomic mass is 32.2. The van der Waals surface area contributed by atoms with Crippen LogP contribution in [-0.2, 0) is 11.3 Å². The first kappa shape index (κ1) is 18.2. The van der Waals surface area contributed by atoms with E-state index >= 15 is 0 Å². The molecule has 1 N–H and O–H groups in total. The number of rotatable bonds is 5. The Morgan fingerprint density at radius 1 is 1.27 bits per heavy atom. The molecule has 3 rings (SSSR count). The molecule has 8 heteroatoms. The van der Waals surface area contributed by atoms with Crippen LogP contribution in [0.3, 0.4) is 0 Å². The maximum atomic E-state index is 12.6. The molecule has 26 heavy (non-hydrogen) atoms. The number of nitrogens with one attached hydrogen (secondary N) is 1. The number of carbonyl (C=O) groups is 2. The second-order valence-electron chi connectivity index (χ2n) is 5.73. The first-order chi connectivity index (χ1) is 12.4. The van der Waals surface area contributed by atoms with Crippen molar-refractivity contribution < 1.29 is 23.1 Å². The molecule has 136 valence electrons. The van der Waals surface area contributed by atoms with Gasteiger partial charge in [-0.05, 0) is 35.9 Å². The van der Waals surface area contributed by atoms with Crippen molar-refractivity contribution in [3.05, 3.63) is 53.6 Å². The zero-order valence-electron chi connectivity index (χ0n) is 13.9. The summed E-state index contributed by atoms with van der Waals surface area (Å²) in [5.74, 6) is 0.142. The van der Waals surface area contributed by atoms with Gasteiger partial charge in [0.25, 0.3) is 5.91 Å². The van der Waals surface area contributed by atoms with Crippen LogP contribution in [0.1, 0.15) is 15.9 Å². The molecule has 0 aromatic heterocycles. The van der Waals surface area contributed by atoms with Crippen LogP contribution < -0.4 is 10.1 Å². The average molecular weight is 378 g/mol. The molecule has 5 nitrogen and oxygen atoms in total. The fraction of sp³-hybridized carbons (Fsp3) is 0.222. The van der Waals surface area contributed by atoms with Crippen LogP contribution in [0.15, 0.2) is 47.4 Å². The normalized spacial score (nSPS) is 13.2. The van der Waals surface area contributed by atoms with Crippen LogP contribution in [-0.4, -0.2) is 36.1 Å². The van der Waals surface area contributed by atoms with E-state index in [1.165, 1.54) is 28.8 Å². The number of fused-ring (bicyclic) bond motifs is 1. The van der Waals surface area contributed by atoms with E-state index < -0.39 is 6.61 Å². The van der Waals surface area contributed by atoms with E-state index in [0.717, 1.165) is 10.5 Å². The number of thioether (sulfide) groups is 1. The number of carbonyl (C=O) groups excluding carboxylic acids is 2. The monoisotopic (exact) mass is 378 g/mol. The van der Waals surface area contributed by atoms with E-state index in [9.17, 15) is 18.4 Å². The van der Waals surface area contributed by atoms with Crippen LogP contribution in [0.2, 0.25) is 0 Å². The van der Waals surface area contributed by atoms with Crippen molar-refractivity contribution in [1.29, 1.82) is 0 Å². The summed E-state index contributed by atoms with van der Waals surface area (Å²) in [6.45, 7) is -2.56. The van der Waals surface area contributed by atoms with Crippen molar-refractivity contribution in [2.24, 2.45) is 0 Å². The van der Waals surface area contributed by atoms with E-state index in [4.69, 9.17) is 0 Å². The van der Waals surface area contributed by atoms with E-state index in [-0.39, 0.29) is 17.6 Å². The maximum absolute atomic E-state index is 12.6. The quantitative estimate of drug-likeness (QED) is 0.864. The van der Waals surface area contributed by atoms with Crippen molar-refractivity contribution in [2.75, 3.05) is 18.1 Å². The molecule has 0 saturated heterocycles. The molecule has 0 radical (unpaired) electrons. The molecule has 0 fully saturated rings. The summed E-state index contributed by atoms with van der Waals surface area (Å²) >= 11 is 1.43. The largest absolute Gasteiger partial charge is 0.435 e. The lowest BCUT2D eigenvalue weighted by molar-refractivity contribution is -0.113. The van der Waals surface area contributed by atoms with Gasteiger partial charge in [-0.1, -0.05) is 12.1 Å². The first-order valence-electron chi connectivity index (χ1n) is 7.78. The molecule has 0 atom stereocenters. The Labute approximate surface area is 153 Å². The molecule has 1 aliphatic rings. The molecule has 0 saturated carbocycles. The minimum absolute atomic E-state index is 0.0701. The summed E-state index contributed by atoms with van der Waals surface area (Å²) in [6, 6.07) is 11.3. The molecule has 0 bridgehead atoms. The van der Waals surface area contributed by atoms with Gasteiger partial charge in [-0.2, -0.15) is 8.78 Å². The van der Waals surface area contributed by atoms with Gasteiger partial charge >= 0.3 is 6.61 Å². The lowest BCUT2D eigenvalue weighted by atomic mass is 10.1. The third kappa shape index (κ3) is 4.32. The fourth-order valence-corrected chi connectivity index (χ4v) is 3.35. The van der Waals surface area contributed by atoms with Gasteiger partial charge in [0.05, 0.1) is 11.4 Å². The highest BCUT2D eigenvalue weighted by Gasteiger charge is 2.19. The van der Waals surface area contributed by atoms with Crippen molar-refractivity contribution in [2.45, 2.75) is 18.1 Å². The third-order valence-corrected chi connectivity index (χ3v) is 4.85. The number of hydrogen-bond donors (Lipinski definition) is 1. The maximum Gasteiger partial charge on any atom is 0.387 e. The summed E-state index contributed by atoms with van der Waals surface area (Å²) in [4.78, 5) is 26.5.